The molecule has 0 atom stereocenters. The lowest BCUT2D eigenvalue weighted by molar-refractivity contribution is -0.113. The van der Waals surface area contributed by atoms with Gasteiger partial charge >= 0.3 is 0 Å². The van der Waals surface area contributed by atoms with Gasteiger partial charge < -0.3 is 5.73 Å². The number of rotatable bonds is 2. The van der Waals surface area contributed by atoms with Crippen molar-refractivity contribution in [2.24, 2.45) is 5.73 Å². The molecular weight excluding hydrogens is 126 g/mol. The molecule has 0 fully saturated rings. The molecule has 0 aliphatic rings. The van der Waals surface area contributed by atoms with Crippen molar-refractivity contribution in [3.8, 4) is 0 Å². The first-order valence-electron chi connectivity index (χ1n) is 1.86. The third-order valence-electron chi connectivity index (χ3n) is 0.397. The van der Waals surface area contributed by atoms with Crippen LogP contribution in [0.2, 0.25) is 0 Å². The summed E-state index contributed by atoms with van der Waals surface area (Å²) in [4.78, 5) is 9.85. The van der Waals surface area contributed by atoms with Crippen molar-refractivity contribution in [1.82, 2.24) is 0 Å². The van der Waals surface area contributed by atoms with E-state index in [-0.39, 0.29) is 12.4 Å². The highest BCUT2D eigenvalue weighted by Crippen LogP contribution is 1.67. The summed E-state index contributed by atoms with van der Waals surface area (Å²) in [6.07, 6.45) is 4.22. The van der Waals surface area contributed by atoms with E-state index in [0.29, 0.717) is 0 Å². The van der Waals surface area contributed by atoms with E-state index >= 15 is 0 Å². The zero-order chi connectivity index (χ0) is 5.70. The Balaban J connectivity index is 0. The summed E-state index contributed by atoms with van der Waals surface area (Å²) in [6.45, 7) is 3.34. The Kier molecular flexibility index (Phi) is 8.01. The fourth-order valence-electron chi connectivity index (χ4n) is 0.163. The van der Waals surface area contributed by atoms with Gasteiger partial charge in [-0.15, -0.1) is 12.4 Å². The van der Waals surface area contributed by atoms with Crippen molar-refractivity contribution in [3.05, 3.63) is 24.8 Å². The minimum absolute atomic E-state index is 0. The highest BCUT2D eigenvalue weighted by molar-refractivity contribution is 5.86. The van der Waals surface area contributed by atoms with Crippen LogP contribution in [0.3, 0.4) is 0 Å². The number of primary amides is 1. The third kappa shape index (κ3) is 8.97. The molecule has 0 aromatic carbocycles. The van der Waals surface area contributed by atoms with Crippen LogP contribution in [0.5, 0.6) is 0 Å². The van der Waals surface area contributed by atoms with Crippen molar-refractivity contribution in [1.29, 1.82) is 0 Å². The molecule has 2 N–H and O–H groups in total. The third-order valence-corrected chi connectivity index (χ3v) is 0.397. The smallest absolute Gasteiger partial charge is 0.241 e. The standard InChI is InChI=1S/C5H7NO.ClH/c1-2-3-4-5(6)7;/h2-4H,1H2,(H2,6,7);1H/b4-3+;. The second-order valence-corrected chi connectivity index (χ2v) is 0.997. The molecule has 0 aromatic rings. The number of carbonyl (C=O) groups excluding carboxylic acids is 1. The minimum atomic E-state index is -0.445. The normalized spacial score (nSPS) is 8.00. The summed E-state index contributed by atoms with van der Waals surface area (Å²) in [5.41, 5.74) is 4.70. The maximum absolute atomic E-state index is 9.85. The Morgan fingerprint density at radius 2 is 2.12 bits per heavy atom. The van der Waals surface area contributed by atoms with Gasteiger partial charge in [-0.25, -0.2) is 0 Å². The van der Waals surface area contributed by atoms with Gasteiger partial charge in [-0.3, -0.25) is 4.79 Å². The lowest BCUT2D eigenvalue weighted by Crippen LogP contribution is -2.04. The number of allylic oxidation sites excluding steroid dienone is 2. The van der Waals surface area contributed by atoms with E-state index in [1.165, 1.54) is 18.2 Å². The molecule has 0 aromatic heterocycles. The van der Waals surface area contributed by atoms with Crippen LogP contribution in [-0.2, 0) is 4.79 Å². The van der Waals surface area contributed by atoms with Crippen LogP contribution in [0.1, 0.15) is 0 Å². The van der Waals surface area contributed by atoms with E-state index in [2.05, 4.69) is 6.58 Å². The summed E-state index contributed by atoms with van der Waals surface area (Å²) in [5, 5.41) is 0. The van der Waals surface area contributed by atoms with Gasteiger partial charge in [0.25, 0.3) is 0 Å². The van der Waals surface area contributed by atoms with Crippen molar-refractivity contribution in [3.63, 3.8) is 0 Å². The van der Waals surface area contributed by atoms with E-state index in [0.717, 1.165) is 0 Å². The van der Waals surface area contributed by atoms with Gasteiger partial charge in [-0.1, -0.05) is 18.7 Å². The van der Waals surface area contributed by atoms with Gasteiger partial charge in [-0.05, 0) is 0 Å². The Labute approximate surface area is 54.5 Å². The first kappa shape index (κ1) is 10.3. The lowest BCUT2D eigenvalue weighted by atomic mass is 10.5. The number of hydrogen-bond donors (Lipinski definition) is 1. The van der Waals surface area contributed by atoms with E-state index in [1.807, 2.05) is 0 Å². The van der Waals surface area contributed by atoms with E-state index in [1.54, 1.807) is 0 Å². The average molecular weight is 134 g/mol. The fraction of sp³-hybridized carbons (Fsp3) is 0. The summed E-state index contributed by atoms with van der Waals surface area (Å²) in [5.74, 6) is -0.445. The van der Waals surface area contributed by atoms with Crippen molar-refractivity contribution in [2.45, 2.75) is 0 Å². The molecule has 0 bridgehead atoms. The minimum Gasteiger partial charge on any atom is -0.366 e. The highest BCUT2D eigenvalue weighted by Gasteiger charge is 1.74. The fourth-order valence-corrected chi connectivity index (χ4v) is 0.163. The number of halogens is 1. The predicted molar refractivity (Wildman–Crippen MR) is 35.8 cm³/mol. The molecule has 3 heteroatoms. The van der Waals surface area contributed by atoms with Crippen molar-refractivity contribution in [2.75, 3.05) is 0 Å². The summed E-state index contributed by atoms with van der Waals surface area (Å²) in [6, 6.07) is 0. The molecule has 0 rings (SSSR count). The molecule has 0 spiro atoms. The Hall–Kier alpha value is -0.760. The van der Waals surface area contributed by atoms with Crippen LogP contribution >= 0.6 is 12.4 Å². The van der Waals surface area contributed by atoms with Crippen molar-refractivity contribution < 1.29 is 4.79 Å². The second kappa shape index (κ2) is 6.24. The van der Waals surface area contributed by atoms with Gasteiger partial charge in [0, 0.05) is 6.08 Å². The first-order valence-corrected chi connectivity index (χ1v) is 1.86. The van der Waals surface area contributed by atoms with E-state index < -0.39 is 5.91 Å². The van der Waals surface area contributed by atoms with Crippen LogP contribution < -0.4 is 5.73 Å². The lowest BCUT2D eigenvalue weighted by Gasteiger charge is -1.71. The Morgan fingerprint density at radius 3 is 2.25 bits per heavy atom. The van der Waals surface area contributed by atoms with Gasteiger partial charge in [0.2, 0.25) is 5.91 Å². The second-order valence-electron chi connectivity index (χ2n) is 0.997. The van der Waals surface area contributed by atoms with Gasteiger partial charge in [0.05, 0.1) is 0 Å². The molecule has 0 saturated heterocycles. The number of nitrogens with two attached hydrogens (primary N) is 1. The molecule has 46 valence electrons. The monoisotopic (exact) mass is 133 g/mol. The molecule has 2 nitrogen and oxygen atoms in total. The zero-order valence-corrected chi connectivity index (χ0v) is 5.15. The SMILES string of the molecule is C=C/C=C/C(N)=O.Cl. The van der Waals surface area contributed by atoms with Gasteiger partial charge in [-0.2, -0.15) is 0 Å². The van der Waals surface area contributed by atoms with Crippen molar-refractivity contribution >= 4 is 18.3 Å². The van der Waals surface area contributed by atoms with Crippen LogP contribution in [0, 0.1) is 0 Å². The molecule has 8 heavy (non-hydrogen) atoms. The van der Waals surface area contributed by atoms with Crippen LogP contribution in [-0.4, -0.2) is 5.91 Å². The Bertz CT molecular complexity index is 109. The molecule has 0 unspecified atom stereocenters. The summed E-state index contributed by atoms with van der Waals surface area (Å²) in [7, 11) is 0. The highest BCUT2D eigenvalue weighted by atomic mass is 35.5. The quantitative estimate of drug-likeness (QED) is 0.436. The maximum atomic E-state index is 9.85. The molecule has 0 aliphatic heterocycles. The van der Waals surface area contributed by atoms with E-state index in [9.17, 15) is 4.79 Å². The number of carbonyl (C=O) groups is 1. The summed E-state index contributed by atoms with van der Waals surface area (Å²) < 4.78 is 0. The molecular formula is C5H8ClNO. The van der Waals surface area contributed by atoms with Gasteiger partial charge in [0.15, 0.2) is 0 Å². The van der Waals surface area contributed by atoms with Crippen LogP contribution in [0.15, 0.2) is 24.8 Å². The van der Waals surface area contributed by atoms with E-state index in [4.69, 9.17) is 5.73 Å². The largest absolute Gasteiger partial charge is 0.366 e. The zero-order valence-electron chi connectivity index (χ0n) is 4.33. The summed E-state index contributed by atoms with van der Waals surface area (Å²) >= 11 is 0. The maximum Gasteiger partial charge on any atom is 0.241 e. The molecule has 0 aliphatic carbocycles. The van der Waals surface area contributed by atoms with Crippen LogP contribution in [0.25, 0.3) is 0 Å². The topological polar surface area (TPSA) is 43.1 Å². The molecule has 0 radical (unpaired) electrons. The average Bonchev–Trinajstić information content (AvgIpc) is 1.61. The first-order chi connectivity index (χ1) is 3.27. The molecule has 0 heterocycles. The molecule has 1 amide bonds. The Morgan fingerprint density at radius 1 is 1.62 bits per heavy atom. The van der Waals surface area contributed by atoms with Crippen LogP contribution in [0.4, 0.5) is 0 Å². The van der Waals surface area contributed by atoms with Gasteiger partial charge in [0.1, 0.15) is 0 Å². The predicted octanol–water partition coefficient (Wildman–Crippen LogP) is 0.636. The number of hydrogen-bond acceptors (Lipinski definition) is 1. The number of amides is 1. The molecule has 0 saturated carbocycles.